The number of hydrogen-bond acceptors (Lipinski definition) is 3. The molecule has 0 bridgehead atoms. The van der Waals surface area contributed by atoms with E-state index in [9.17, 15) is 4.79 Å². The first kappa shape index (κ1) is 10.8. The van der Waals surface area contributed by atoms with Crippen molar-refractivity contribution < 1.29 is 9.63 Å². The maximum Gasteiger partial charge on any atom is 0.245 e. The van der Waals surface area contributed by atoms with Crippen molar-refractivity contribution in [3.63, 3.8) is 0 Å². The fraction of sp³-hybridized carbons (Fsp3) is 0.692. The highest BCUT2D eigenvalue weighted by Crippen LogP contribution is 2.41. The average Bonchev–Trinajstić information content (AvgIpc) is 3.13. The van der Waals surface area contributed by atoms with Crippen LogP contribution in [0, 0.1) is 5.92 Å². The van der Waals surface area contributed by atoms with Gasteiger partial charge in [-0.25, -0.2) is 0 Å². The van der Waals surface area contributed by atoms with Crippen LogP contribution >= 0.6 is 0 Å². The van der Waals surface area contributed by atoms with Crippen molar-refractivity contribution in [2.75, 3.05) is 13.1 Å². The van der Waals surface area contributed by atoms with Gasteiger partial charge in [0, 0.05) is 38.3 Å². The Hall–Kier alpha value is -1.32. The Kier molecular flexibility index (Phi) is 2.45. The van der Waals surface area contributed by atoms with E-state index in [1.165, 1.54) is 24.6 Å². The van der Waals surface area contributed by atoms with Crippen LogP contribution in [0.3, 0.4) is 0 Å². The van der Waals surface area contributed by atoms with E-state index in [1.807, 2.05) is 4.90 Å². The standard InChI is InChI=1S/C13H18N2O2/c1-2-12(16)15-7-5-13(6-8-15)9-11(14-17-13)10-3-4-10/h2,10H,1,3-9H2. The van der Waals surface area contributed by atoms with Gasteiger partial charge in [-0.3, -0.25) is 4.79 Å². The maximum atomic E-state index is 11.5. The highest BCUT2D eigenvalue weighted by Gasteiger charge is 2.45. The van der Waals surface area contributed by atoms with Crippen LogP contribution in [0.15, 0.2) is 17.8 Å². The molecule has 2 aliphatic heterocycles. The van der Waals surface area contributed by atoms with Gasteiger partial charge >= 0.3 is 0 Å². The molecular weight excluding hydrogens is 216 g/mol. The van der Waals surface area contributed by atoms with E-state index in [0.29, 0.717) is 5.92 Å². The molecule has 0 N–H and O–H groups in total. The van der Waals surface area contributed by atoms with Crippen LogP contribution in [0.1, 0.15) is 32.1 Å². The summed E-state index contributed by atoms with van der Waals surface area (Å²) in [5.41, 5.74) is 1.16. The van der Waals surface area contributed by atoms with Crippen molar-refractivity contribution in [2.24, 2.45) is 11.1 Å². The quantitative estimate of drug-likeness (QED) is 0.683. The SMILES string of the molecule is C=CC(=O)N1CCC2(CC1)CC(C1CC1)=NO2. The van der Waals surface area contributed by atoms with Gasteiger partial charge < -0.3 is 9.74 Å². The van der Waals surface area contributed by atoms with Crippen LogP contribution in [0.2, 0.25) is 0 Å². The monoisotopic (exact) mass is 234 g/mol. The molecule has 1 saturated carbocycles. The van der Waals surface area contributed by atoms with E-state index in [2.05, 4.69) is 11.7 Å². The minimum absolute atomic E-state index is 0.0289. The van der Waals surface area contributed by atoms with Gasteiger partial charge in [0.05, 0.1) is 5.71 Å². The highest BCUT2D eigenvalue weighted by atomic mass is 16.7. The minimum atomic E-state index is -0.101. The van der Waals surface area contributed by atoms with Crippen molar-refractivity contribution in [2.45, 2.75) is 37.7 Å². The van der Waals surface area contributed by atoms with Crippen LogP contribution in [0.25, 0.3) is 0 Å². The van der Waals surface area contributed by atoms with Crippen molar-refractivity contribution in [3.8, 4) is 0 Å². The smallest absolute Gasteiger partial charge is 0.245 e. The molecule has 1 amide bonds. The van der Waals surface area contributed by atoms with Crippen LogP contribution in [0.4, 0.5) is 0 Å². The Bertz CT molecular complexity index is 377. The summed E-state index contributed by atoms with van der Waals surface area (Å²) in [4.78, 5) is 19.0. The number of amides is 1. The average molecular weight is 234 g/mol. The molecule has 2 fully saturated rings. The highest BCUT2D eigenvalue weighted by molar-refractivity contribution is 5.90. The number of oxime groups is 1. The lowest BCUT2D eigenvalue weighted by molar-refractivity contribution is -0.131. The molecule has 17 heavy (non-hydrogen) atoms. The molecule has 1 spiro atoms. The molecule has 2 heterocycles. The molecule has 0 aromatic heterocycles. The summed E-state index contributed by atoms with van der Waals surface area (Å²) < 4.78 is 0. The van der Waals surface area contributed by atoms with Gasteiger partial charge in [-0.15, -0.1) is 0 Å². The summed E-state index contributed by atoms with van der Waals surface area (Å²) >= 11 is 0. The lowest BCUT2D eigenvalue weighted by atomic mass is 9.86. The molecule has 4 nitrogen and oxygen atoms in total. The zero-order valence-electron chi connectivity index (χ0n) is 10.0. The second kappa shape index (κ2) is 3.86. The topological polar surface area (TPSA) is 41.9 Å². The lowest BCUT2D eigenvalue weighted by Gasteiger charge is -2.36. The van der Waals surface area contributed by atoms with Gasteiger partial charge in [-0.05, 0) is 18.9 Å². The molecule has 3 aliphatic rings. The van der Waals surface area contributed by atoms with Crippen LogP contribution in [0.5, 0.6) is 0 Å². The third-order valence-electron chi connectivity index (χ3n) is 4.07. The Morgan fingerprint density at radius 1 is 1.47 bits per heavy atom. The Labute approximate surface area is 101 Å². The molecule has 0 atom stereocenters. The zero-order chi connectivity index (χ0) is 11.9. The fourth-order valence-corrected chi connectivity index (χ4v) is 2.72. The Morgan fingerprint density at radius 3 is 2.76 bits per heavy atom. The van der Waals surface area contributed by atoms with E-state index in [1.54, 1.807) is 0 Å². The van der Waals surface area contributed by atoms with E-state index >= 15 is 0 Å². The van der Waals surface area contributed by atoms with E-state index in [0.717, 1.165) is 32.4 Å². The van der Waals surface area contributed by atoms with Crippen LogP contribution in [-0.4, -0.2) is 35.2 Å². The Balaban J connectivity index is 1.58. The summed E-state index contributed by atoms with van der Waals surface area (Å²) in [6.45, 7) is 5.05. The first-order valence-electron chi connectivity index (χ1n) is 6.39. The summed E-state index contributed by atoms with van der Waals surface area (Å²) in [6.07, 6.45) is 6.71. The van der Waals surface area contributed by atoms with Crippen molar-refractivity contribution in [1.82, 2.24) is 4.90 Å². The van der Waals surface area contributed by atoms with Crippen molar-refractivity contribution in [1.29, 1.82) is 0 Å². The van der Waals surface area contributed by atoms with E-state index in [-0.39, 0.29) is 11.5 Å². The van der Waals surface area contributed by atoms with E-state index < -0.39 is 0 Å². The molecule has 0 aromatic carbocycles. The van der Waals surface area contributed by atoms with Crippen LogP contribution < -0.4 is 0 Å². The first-order chi connectivity index (χ1) is 8.22. The van der Waals surface area contributed by atoms with Gasteiger partial charge in [0.1, 0.15) is 5.60 Å². The summed E-state index contributed by atoms with van der Waals surface area (Å²) in [7, 11) is 0. The second-order valence-electron chi connectivity index (χ2n) is 5.34. The zero-order valence-corrected chi connectivity index (χ0v) is 10.0. The normalized spacial score (nSPS) is 26.6. The molecule has 3 rings (SSSR count). The maximum absolute atomic E-state index is 11.5. The molecule has 0 unspecified atom stereocenters. The number of piperidine rings is 1. The van der Waals surface area contributed by atoms with Gasteiger partial charge in [0.15, 0.2) is 0 Å². The summed E-state index contributed by atoms with van der Waals surface area (Å²) in [5, 5.41) is 4.26. The summed E-state index contributed by atoms with van der Waals surface area (Å²) in [6, 6.07) is 0. The number of carbonyl (C=O) groups is 1. The molecule has 4 heteroatoms. The van der Waals surface area contributed by atoms with Crippen molar-refractivity contribution >= 4 is 11.6 Å². The number of likely N-dealkylation sites (tertiary alicyclic amines) is 1. The molecular formula is C13H18N2O2. The first-order valence-corrected chi connectivity index (χ1v) is 6.39. The molecule has 0 aromatic rings. The number of carbonyl (C=O) groups excluding carboxylic acids is 1. The summed E-state index contributed by atoms with van der Waals surface area (Å²) in [5.74, 6) is 0.725. The lowest BCUT2D eigenvalue weighted by Crippen LogP contribution is -2.46. The second-order valence-corrected chi connectivity index (χ2v) is 5.34. The third-order valence-corrected chi connectivity index (χ3v) is 4.07. The largest absolute Gasteiger partial charge is 0.389 e. The third kappa shape index (κ3) is 1.96. The minimum Gasteiger partial charge on any atom is -0.389 e. The predicted molar refractivity (Wildman–Crippen MR) is 64.6 cm³/mol. The van der Waals surface area contributed by atoms with E-state index in [4.69, 9.17) is 4.84 Å². The van der Waals surface area contributed by atoms with Crippen LogP contribution in [-0.2, 0) is 9.63 Å². The van der Waals surface area contributed by atoms with Gasteiger partial charge in [-0.1, -0.05) is 11.7 Å². The predicted octanol–water partition coefficient (Wildman–Crippen LogP) is 1.72. The van der Waals surface area contributed by atoms with Gasteiger partial charge in [-0.2, -0.15) is 0 Å². The Morgan fingerprint density at radius 2 is 2.18 bits per heavy atom. The number of rotatable bonds is 2. The molecule has 1 aliphatic carbocycles. The molecule has 92 valence electrons. The fourth-order valence-electron chi connectivity index (χ4n) is 2.72. The van der Waals surface area contributed by atoms with Crippen molar-refractivity contribution in [3.05, 3.63) is 12.7 Å². The van der Waals surface area contributed by atoms with Gasteiger partial charge in [0.25, 0.3) is 0 Å². The number of nitrogens with zero attached hydrogens (tertiary/aromatic N) is 2. The number of hydrogen-bond donors (Lipinski definition) is 0. The molecule has 0 radical (unpaired) electrons. The van der Waals surface area contributed by atoms with Gasteiger partial charge in [0.2, 0.25) is 5.91 Å². The molecule has 1 saturated heterocycles.